The van der Waals surface area contributed by atoms with Gasteiger partial charge in [-0.3, -0.25) is 47.9 Å². The van der Waals surface area contributed by atoms with Crippen molar-refractivity contribution >= 4 is 105 Å². The van der Waals surface area contributed by atoms with Gasteiger partial charge in [0.2, 0.25) is 16.2 Å². The van der Waals surface area contributed by atoms with Crippen LogP contribution in [0, 0.1) is 47.3 Å². The molecule has 2 aromatic heterocycles. The second kappa shape index (κ2) is 29.2. The van der Waals surface area contributed by atoms with Crippen molar-refractivity contribution in [3.05, 3.63) is 259 Å². The predicted molar refractivity (Wildman–Crippen MR) is 403 cm³/mol. The molecule has 6 fully saturated rings. The fourth-order valence-electron chi connectivity index (χ4n) is 18.8. The van der Waals surface area contributed by atoms with Crippen LogP contribution in [0.1, 0.15) is 142 Å². The van der Waals surface area contributed by atoms with E-state index >= 15 is 47.9 Å². The van der Waals surface area contributed by atoms with E-state index < -0.39 is 184 Å². The van der Waals surface area contributed by atoms with Crippen LogP contribution in [0.15, 0.2) is 203 Å². The van der Waals surface area contributed by atoms with Gasteiger partial charge in [-0.05, 0) is 94.9 Å². The molecule has 8 unspecified atom stereocenters. The lowest BCUT2D eigenvalue weighted by Gasteiger charge is -2.39. The zero-order chi connectivity index (χ0) is 74.7. The van der Waals surface area contributed by atoms with E-state index in [1.165, 1.54) is 12.2 Å². The van der Waals surface area contributed by atoms with Crippen LogP contribution in [0.4, 0.5) is 0 Å². The van der Waals surface area contributed by atoms with E-state index in [0.29, 0.717) is 59.1 Å². The SMILES string of the molecule is O=C1C(=NC2=Cc3sc4c(c3C2(C(=O)OCc2ccccc2)C(=O)OCc2ccccc2)C(C(=O)OCc2ccccc2)(C(=O)OCc2ccccc2)c2c-4sc3c2C(C(=O)OCc2ccccc2)(C(=O)OCc2ccccc2)C(N=C2C(=O)C4CC5CCCCC5CC4C2=O)=C3)C(=O)C2CC3CCCCC3CC12. The molecule has 0 amide bonds. The number of thiophene rings is 2. The molecule has 18 nitrogen and oxygen atoms in total. The third kappa shape index (κ3) is 12.1. The number of Topliss-reactive ketones (excluding diaryl/α,β-unsaturated/α-hetero) is 4. The number of benzene rings is 6. The lowest BCUT2D eigenvalue weighted by Crippen LogP contribution is -2.53. The van der Waals surface area contributed by atoms with Gasteiger partial charge in [0.15, 0.2) is 23.1 Å². The minimum Gasteiger partial charge on any atom is -0.459 e. The van der Waals surface area contributed by atoms with E-state index in [9.17, 15) is 0 Å². The van der Waals surface area contributed by atoms with Crippen molar-refractivity contribution in [1.82, 2.24) is 0 Å². The molecule has 17 rings (SSSR count). The summed E-state index contributed by atoms with van der Waals surface area (Å²) in [6.07, 6.45) is 12.1. The van der Waals surface area contributed by atoms with Crippen molar-refractivity contribution in [3.8, 4) is 9.75 Å². The van der Waals surface area contributed by atoms with Gasteiger partial charge in [-0.1, -0.05) is 233 Å². The van der Waals surface area contributed by atoms with Crippen LogP contribution in [0.3, 0.4) is 0 Å². The van der Waals surface area contributed by atoms with E-state index in [2.05, 4.69) is 0 Å². The summed E-state index contributed by atoms with van der Waals surface area (Å²) >= 11 is 1.82. The third-order valence-corrected chi connectivity index (χ3v) is 26.5. The third-order valence-electron chi connectivity index (χ3n) is 24.1. The number of carbonyl (C=O) groups excluding carboxylic acids is 10. The summed E-state index contributed by atoms with van der Waals surface area (Å²) in [7, 11) is 0. The topological polar surface area (TPSA) is 251 Å². The molecular weight excluding hydrogens is 1420 g/mol. The van der Waals surface area contributed by atoms with Crippen LogP contribution in [-0.4, -0.2) is 70.4 Å². The number of nitrogens with zero attached hydrogens (tertiary/aromatic N) is 2. The molecule has 20 heteroatoms. The Morgan fingerprint density at radius 1 is 0.312 bits per heavy atom. The molecule has 9 aliphatic carbocycles. The van der Waals surface area contributed by atoms with Crippen molar-refractivity contribution in [2.45, 2.75) is 133 Å². The second-order valence-corrected chi connectivity index (χ2v) is 32.2. The van der Waals surface area contributed by atoms with Crippen molar-refractivity contribution < 1.29 is 76.4 Å². The number of ketones is 4. The lowest BCUT2D eigenvalue weighted by atomic mass is 9.64. The molecule has 8 aromatic rings. The standard InChI is InChI=1S/C89H76N2O16S2/c92-75-61-39-57-35-19-20-36-58(57)40-62(61)76(93)73(75)90-67-43-65-69(87(67,81(96)102-45-51-23-7-1-8-24-51)82(97)103-46-52-25-9-2-10-26-52)71-79(108-65)80-72(89(71,85(100)106-49-55-31-15-5-16-32-55)86(101)107-50-56-33-17-6-18-34-56)70-66(109-80)44-68(91-74-77(94)63-41-59-37-21-22-38-60(59)42-64(63)78(74)95)88(70,83(98)104-47-53-27-11-3-12-28-53)84(99)105-48-54-29-13-4-14-30-54/h1-18,23-34,43-44,57-64H,19-22,35-42,45-50H2. The highest BCUT2D eigenvalue weighted by atomic mass is 32.1. The van der Waals surface area contributed by atoms with Gasteiger partial charge in [-0.2, -0.15) is 0 Å². The van der Waals surface area contributed by atoms with Gasteiger partial charge in [-0.25, -0.2) is 9.98 Å². The Labute approximate surface area is 636 Å². The first-order valence-electron chi connectivity index (χ1n) is 37.6. The van der Waals surface area contributed by atoms with Crippen molar-refractivity contribution in [3.63, 3.8) is 0 Å². The fourth-order valence-corrected chi connectivity index (χ4v) is 21.6. The average molecular weight is 1490 g/mol. The van der Waals surface area contributed by atoms with Crippen LogP contribution in [0.5, 0.6) is 0 Å². The molecular formula is C89H76N2O16S2. The van der Waals surface area contributed by atoms with Gasteiger partial charge in [-0.15, -0.1) is 22.7 Å². The largest absolute Gasteiger partial charge is 0.459 e. The summed E-state index contributed by atoms with van der Waals surface area (Å²) in [6, 6.07) is 51.6. The van der Waals surface area contributed by atoms with E-state index in [-0.39, 0.29) is 43.2 Å². The summed E-state index contributed by atoms with van der Waals surface area (Å²) in [4.78, 5) is 174. The molecule has 0 bridgehead atoms. The number of hydrogen-bond acceptors (Lipinski definition) is 20. The van der Waals surface area contributed by atoms with E-state index in [1.54, 1.807) is 182 Å². The zero-order valence-corrected chi connectivity index (χ0v) is 61.2. The van der Waals surface area contributed by atoms with Crippen LogP contribution in [-0.2, 0) is 132 Å². The Balaban J connectivity index is 0.936. The summed E-state index contributed by atoms with van der Waals surface area (Å²) in [5, 5.41) is 0. The Kier molecular flexibility index (Phi) is 19.0. The maximum absolute atomic E-state index is 17.4. The second-order valence-electron chi connectivity index (χ2n) is 30.1. The zero-order valence-electron chi connectivity index (χ0n) is 59.6. The number of rotatable bonds is 20. The number of aliphatic imine (C=N–C) groups is 2. The molecule has 0 radical (unpaired) electrons. The minimum atomic E-state index is -3.20. The number of esters is 6. The number of fused-ring (bicyclic) bond motifs is 11. The molecule has 2 heterocycles. The first kappa shape index (κ1) is 71.0. The maximum atomic E-state index is 17.4. The molecule has 0 saturated heterocycles. The van der Waals surface area contributed by atoms with Gasteiger partial charge in [0.25, 0.3) is 0 Å². The fraction of sp³-hybridized carbons (Fsp3) is 0.326. The molecule has 6 saturated carbocycles. The van der Waals surface area contributed by atoms with Gasteiger partial charge in [0, 0.05) is 55.7 Å². The smallest absolute Gasteiger partial charge is 0.334 e. The van der Waals surface area contributed by atoms with Crippen LogP contribution >= 0.6 is 22.7 Å². The molecule has 550 valence electrons. The summed E-state index contributed by atoms with van der Waals surface area (Å²) < 4.78 is 39.0. The normalized spacial score (nSPS) is 23.2. The highest BCUT2D eigenvalue weighted by molar-refractivity contribution is 7.24. The van der Waals surface area contributed by atoms with E-state index in [0.717, 1.165) is 74.0 Å². The summed E-state index contributed by atoms with van der Waals surface area (Å²) in [5.74, 6) is -12.5. The molecule has 0 spiro atoms. The van der Waals surface area contributed by atoms with E-state index in [4.69, 9.17) is 38.4 Å². The Bertz CT molecular complexity index is 4660. The lowest BCUT2D eigenvalue weighted by molar-refractivity contribution is -0.168. The monoisotopic (exact) mass is 1490 g/mol. The number of hydrogen-bond donors (Lipinski definition) is 0. The highest BCUT2D eigenvalue weighted by Crippen LogP contribution is 2.68. The van der Waals surface area contributed by atoms with E-state index in [1.807, 2.05) is 0 Å². The van der Waals surface area contributed by atoms with Gasteiger partial charge in [0.05, 0.1) is 21.1 Å². The molecule has 8 atom stereocenters. The Morgan fingerprint density at radius 3 is 0.761 bits per heavy atom. The molecule has 9 aliphatic rings. The van der Waals surface area contributed by atoms with Crippen molar-refractivity contribution in [2.24, 2.45) is 57.3 Å². The number of carbonyl (C=O) groups is 10. The summed E-state index contributed by atoms with van der Waals surface area (Å²) in [6.45, 7) is -2.95. The summed E-state index contributed by atoms with van der Waals surface area (Å²) in [5.41, 5.74) is -10.1. The maximum Gasteiger partial charge on any atom is 0.334 e. The highest BCUT2D eigenvalue weighted by Gasteiger charge is 2.73. The van der Waals surface area contributed by atoms with Gasteiger partial charge >= 0.3 is 35.8 Å². The average Bonchev–Trinajstić information content (AvgIpc) is 1.48. The first-order chi connectivity index (χ1) is 53.2. The molecule has 6 aromatic carbocycles. The molecule has 109 heavy (non-hydrogen) atoms. The molecule has 0 aliphatic heterocycles. The quantitative estimate of drug-likeness (QED) is 0.0391. The minimum absolute atomic E-state index is 0.0345. The Morgan fingerprint density at radius 2 is 0.532 bits per heavy atom. The molecule has 0 N–H and O–H groups in total. The van der Waals surface area contributed by atoms with Crippen LogP contribution in [0.25, 0.3) is 21.9 Å². The Hall–Kier alpha value is -11.0. The van der Waals surface area contributed by atoms with Crippen molar-refractivity contribution in [1.29, 1.82) is 0 Å². The number of ether oxygens (including phenoxy) is 6. The predicted octanol–water partition coefficient (Wildman–Crippen LogP) is 14.6. The van der Waals surface area contributed by atoms with Crippen LogP contribution < -0.4 is 0 Å². The van der Waals surface area contributed by atoms with Gasteiger partial charge < -0.3 is 28.4 Å². The van der Waals surface area contributed by atoms with Crippen LogP contribution in [0.2, 0.25) is 0 Å². The van der Waals surface area contributed by atoms with Gasteiger partial charge in [0.1, 0.15) is 51.1 Å². The first-order valence-corrected chi connectivity index (χ1v) is 39.2. The van der Waals surface area contributed by atoms with Crippen molar-refractivity contribution in [2.75, 3.05) is 0 Å².